The normalized spacial score (nSPS) is 9.94. The molecule has 0 aliphatic carbocycles. The molecule has 0 aliphatic heterocycles. The standard InChI is InChI=1S/C13H18N2OS/c1-2-3-4-8-12(16)15-11-7-5-6-10(9-11)13(14)17/h5-7,9H,2-4,8H2,1H3,(H2,14,17)(H,15,16). The molecule has 0 bridgehead atoms. The summed E-state index contributed by atoms with van der Waals surface area (Å²) in [5.41, 5.74) is 7.05. The van der Waals surface area contributed by atoms with E-state index < -0.39 is 0 Å². The van der Waals surface area contributed by atoms with Crippen LogP contribution < -0.4 is 11.1 Å². The van der Waals surface area contributed by atoms with Gasteiger partial charge in [0.25, 0.3) is 0 Å². The van der Waals surface area contributed by atoms with E-state index in [4.69, 9.17) is 18.0 Å². The van der Waals surface area contributed by atoms with E-state index >= 15 is 0 Å². The second-order valence-electron chi connectivity index (χ2n) is 3.95. The molecule has 3 N–H and O–H groups in total. The molecule has 3 nitrogen and oxygen atoms in total. The summed E-state index contributed by atoms with van der Waals surface area (Å²) in [5.74, 6) is 0.0403. The number of amides is 1. The first kappa shape index (κ1) is 13.6. The van der Waals surface area contributed by atoms with Gasteiger partial charge in [-0.2, -0.15) is 0 Å². The highest BCUT2D eigenvalue weighted by Gasteiger charge is 2.03. The number of rotatable bonds is 6. The second kappa shape index (κ2) is 7.01. The van der Waals surface area contributed by atoms with Gasteiger partial charge in [-0.25, -0.2) is 0 Å². The molecular formula is C13H18N2OS. The minimum absolute atomic E-state index is 0.0403. The summed E-state index contributed by atoms with van der Waals surface area (Å²) >= 11 is 4.89. The summed E-state index contributed by atoms with van der Waals surface area (Å²) in [6, 6.07) is 7.28. The van der Waals surface area contributed by atoms with Crippen molar-refractivity contribution >= 4 is 28.8 Å². The Morgan fingerprint density at radius 1 is 1.41 bits per heavy atom. The molecule has 0 fully saturated rings. The third kappa shape index (κ3) is 4.95. The number of thiocarbonyl (C=S) groups is 1. The molecular weight excluding hydrogens is 232 g/mol. The fourth-order valence-corrected chi connectivity index (χ4v) is 1.64. The van der Waals surface area contributed by atoms with Crippen molar-refractivity contribution in [1.82, 2.24) is 0 Å². The first-order chi connectivity index (χ1) is 8.13. The average molecular weight is 250 g/mol. The lowest BCUT2D eigenvalue weighted by atomic mass is 10.1. The minimum Gasteiger partial charge on any atom is -0.389 e. The predicted molar refractivity (Wildman–Crippen MR) is 75.1 cm³/mol. The Morgan fingerprint density at radius 2 is 2.18 bits per heavy atom. The molecule has 1 aromatic rings. The van der Waals surface area contributed by atoms with Gasteiger partial charge in [-0.1, -0.05) is 44.1 Å². The van der Waals surface area contributed by atoms with Crippen LogP contribution in [0.4, 0.5) is 5.69 Å². The summed E-state index contributed by atoms with van der Waals surface area (Å²) in [6.45, 7) is 2.11. The Labute approximate surface area is 107 Å². The van der Waals surface area contributed by atoms with E-state index in [1.807, 2.05) is 18.2 Å². The van der Waals surface area contributed by atoms with Gasteiger partial charge in [0, 0.05) is 17.7 Å². The zero-order valence-corrected chi connectivity index (χ0v) is 10.8. The number of carbonyl (C=O) groups excluding carboxylic acids is 1. The summed E-state index contributed by atoms with van der Waals surface area (Å²) in [6.07, 6.45) is 3.69. The van der Waals surface area contributed by atoms with Crippen molar-refractivity contribution in [2.75, 3.05) is 5.32 Å². The van der Waals surface area contributed by atoms with Crippen LogP contribution in [0.3, 0.4) is 0 Å². The van der Waals surface area contributed by atoms with Gasteiger partial charge < -0.3 is 11.1 Å². The van der Waals surface area contributed by atoms with Gasteiger partial charge in [-0.15, -0.1) is 0 Å². The molecule has 0 heterocycles. The van der Waals surface area contributed by atoms with Gasteiger partial charge in [0.05, 0.1) is 0 Å². The van der Waals surface area contributed by atoms with E-state index in [1.165, 1.54) is 0 Å². The number of unbranched alkanes of at least 4 members (excludes halogenated alkanes) is 2. The molecule has 1 rings (SSSR count). The van der Waals surface area contributed by atoms with Gasteiger partial charge in [0.15, 0.2) is 0 Å². The van der Waals surface area contributed by atoms with E-state index in [1.54, 1.807) is 6.07 Å². The summed E-state index contributed by atoms with van der Waals surface area (Å²) in [5, 5.41) is 2.84. The highest BCUT2D eigenvalue weighted by molar-refractivity contribution is 7.80. The van der Waals surface area contributed by atoms with Crippen LogP contribution in [0.25, 0.3) is 0 Å². The van der Waals surface area contributed by atoms with Crippen molar-refractivity contribution in [2.45, 2.75) is 32.6 Å². The Bertz CT molecular complexity index is 404. The zero-order valence-electron chi connectivity index (χ0n) is 10.0. The lowest BCUT2D eigenvalue weighted by Crippen LogP contribution is -2.13. The topological polar surface area (TPSA) is 55.1 Å². The van der Waals surface area contributed by atoms with E-state index in [9.17, 15) is 4.79 Å². The van der Waals surface area contributed by atoms with E-state index in [0.717, 1.165) is 30.5 Å². The number of nitrogens with two attached hydrogens (primary N) is 1. The number of hydrogen-bond acceptors (Lipinski definition) is 2. The number of nitrogens with one attached hydrogen (secondary N) is 1. The van der Waals surface area contributed by atoms with Crippen LogP contribution in [-0.2, 0) is 4.79 Å². The largest absolute Gasteiger partial charge is 0.389 e. The van der Waals surface area contributed by atoms with E-state index in [2.05, 4.69) is 12.2 Å². The Kier molecular flexibility index (Phi) is 5.63. The molecule has 0 atom stereocenters. The number of anilines is 1. The van der Waals surface area contributed by atoms with Crippen molar-refractivity contribution < 1.29 is 4.79 Å². The molecule has 0 aliphatic rings. The van der Waals surface area contributed by atoms with Gasteiger partial charge in [0.1, 0.15) is 4.99 Å². The van der Waals surface area contributed by atoms with Crippen LogP contribution in [0.2, 0.25) is 0 Å². The Hall–Kier alpha value is -1.42. The molecule has 0 saturated carbocycles. The van der Waals surface area contributed by atoms with Crippen LogP contribution in [0.15, 0.2) is 24.3 Å². The maximum atomic E-state index is 11.6. The van der Waals surface area contributed by atoms with Crippen LogP contribution in [0.1, 0.15) is 38.2 Å². The fraction of sp³-hybridized carbons (Fsp3) is 0.385. The molecule has 92 valence electrons. The number of hydrogen-bond donors (Lipinski definition) is 2. The van der Waals surface area contributed by atoms with Crippen molar-refractivity contribution in [3.63, 3.8) is 0 Å². The highest BCUT2D eigenvalue weighted by atomic mass is 32.1. The SMILES string of the molecule is CCCCCC(=O)Nc1cccc(C(N)=S)c1. The molecule has 4 heteroatoms. The maximum absolute atomic E-state index is 11.6. The van der Waals surface area contributed by atoms with Crippen LogP contribution in [-0.4, -0.2) is 10.9 Å². The van der Waals surface area contributed by atoms with Crippen molar-refractivity contribution in [1.29, 1.82) is 0 Å². The molecule has 1 aromatic carbocycles. The minimum atomic E-state index is 0.0403. The highest BCUT2D eigenvalue weighted by Crippen LogP contribution is 2.11. The van der Waals surface area contributed by atoms with Crippen LogP contribution in [0, 0.1) is 0 Å². The van der Waals surface area contributed by atoms with Gasteiger partial charge in [-0.05, 0) is 18.6 Å². The molecule has 17 heavy (non-hydrogen) atoms. The van der Waals surface area contributed by atoms with Crippen molar-refractivity contribution in [3.8, 4) is 0 Å². The molecule has 0 aromatic heterocycles. The summed E-state index contributed by atoms with van der Waals surface area (Å²) < 4.78 is 0. The quantitative estimate of drug-likeness (QED) is 0.603. The summed E-state index contributed by atoms with van der Waals surface area (Å²) in [7, 11) is 0. The van der Waals surface area contributed by atoms with Crippen molar-refractivity contribution in [2.24, 2.45) is 5.73 Å². The van der Waals surface area contributed by atoms with Gasteiger partial charge in [-0.3, -0.25) is 4.79 Å². The lowest BCUT2D eigenvalue weighted by molar-refractivity contribution is -0.116. The number of carbonyl (C=O) groups is 1. The maximum Gasteiger partial charge on any atom is 0.224 e. The fourth-order valence-electron chi connectivity index (χ4n) is 1.51. The van der Waals surface area contributed by atoms with Crippen molar-refractivity contribution in [3.05, 3.63) is 29.8 Å². The first-order valence-electron chi connectivity index (χ1n) is 5.83. The second-order valence-corrected chi connectivity index (χ2v) is 4.39. The smallest absolute Gasteiger partial charge is 0.224 e. The third-order valence-corrected chi connectivity index (χ3v) is 2.67. The predicted octanol–water partition coefficient (Wildman–Crippen LogP) is 2.84. The monoisotopic (exact) mass is 250 g/mol. The van der Waals surface area contributed by atoms with Crippen LogP contribution in [0.5, 0.6) is 0 Å². The average Bonchev–Trinajstić information content (AvgIpc) is 2.29. The Balaban J connectivity index is 2.53. The lowest BCUT2D eigenvalue weighted by Gasteiger charge is -2.06. The molecule has 0 unspecified atom stereocenters. The van der Waals surface area contributed by atoms with Gasteiger partial charge in [0.2, 0.25) is 5.91 Å². The molecule has 0 saturated heterocycles. The van der Waals surface area contributed by atoms with Crippen LogP contribution >= 0.6 is 12.2 Å². The molecule has 1 amide bonds. The van der Waals surface area contributed by atoms with E-state index in [0.29, 0.717) is 11.4 Å². The first-order valence-corrected chi connectivity index (χ1v) is 6.24. The Morgan fingerprint density at radius 3 is 2.82 bits per heavy atom. The zero-order chi connectivity index (χ0) is 12.7. The third-order valence-electron chi connectivity index (χ3n) is 2.44. The van der Waals surface area contributed by atoms with E-state index in [-0.39, 0.29) is 5.91 Å². The number of benzene rings is 1. The summed E-state index contributed by atoms with van der Waals surface area (Å²) in [4.78, 5) is 11.9. The van der Waals surface area contributed by atoms with Gasteiger partial charge >= 0.3 is 0 Å². The molecule has 0 spiro atoms. The molecule has 0 radical (unpaired) electrons.